The van der Waals surface area contributed by atoms with Gasteiger partial charge in [0.1, 0.15) is 17.2 Å². The second-order valence-electron chi connectivity index (χ2n) is 4.41. The Bertz CT molecular complexity index is 823. The largest absolute Gasteiger partial charge is 0.416 e. The Morgan fingerprint density at radius 3 is 2.52 bits per heavy atom. The summed E-state index contributed by atoms with van der Waals surface area (Å²) in [6, 6.07) is 7.09. The molecule has 2 aromatic carbocycles. The number of nitrogens with one attached hydrogen (secondary N) is 1. The van der Waals surface area contributed by atoms with E-state index in [0.717, 1.165) is 12.1 Å². The Kier molecular flexibility index (Phi) is 3.13. The molecule has 2 nitrogen and oxygen atoms in total. The summed E-state index contributed by atoms with van der Waals surface area (Å²) >= 11 is 5.95. The molecule has 0 amide bonds. The first-order valence-corrected chi connectivity index (χ1v) is 6.25. The van der Waals surface area contributed by atoms with Crippen molar-refractivity contribution in [3.05, 3.63) is 52.8 Å². The van der Waals surface area contributed by atoms with Gasteiger partial charge in [0.05, 0.1) is 21.7 Å². The number of aromatic nitrogens is 2. The number of imidazole rings is 1. The number of hydrogen-bond acceptors (Lipinski definition) is 1. The average Bonchev–Trinajstić information content (AvgIpc) is 2.83. The molecule has 0 aliphatic heterocycles. The summed E-state index contributed by atoms with van der Waals surface area (Å²) in [5.41, 5.74) is -0.289. The summed E-state index contributed by atoms with van der Waals surface area (Å²) in [5, 5.41) is 0.336. The van der Waals surface area contributed by atoms with Crippen LogP contribution >= 0.6 is 11.6 Å². The third-order valence-electron chi connectivity index (χ3n) is 3.01. The quantitative estimate of drug-likeness (QED) is 0.626. The van der Waals surface area contributed by atoms with E-state index in [9.17, 15) is 17.6 Å². The zero-order chi connectivity index (χ0) is 15.2. The molecule has 0 fully saturated rings. The molecule has 1 aromatic heterocycles. The minimum atomic E-state index is -4.55. The minimum Gasteiger partial charge on any atom is -0.338 e. The fourth-order valence-corrected chi connectivity index (χ4v) is 2.22. The van der Waals surface area contributed by atoms with Gasteiger partial charge in [-0.15, -0.1) is 0 Å². The number of aromatic amines is 1. The van der Waals surface area contributed by atoms with Crippen molar-refractivity contribution >= 4 is 22.6 Å². The van der Waals surface area contributed by atoms with Gasteiger partial charge in [-0.05, 0) is 30.3 Å². The Labute approximate surface area is 121 Å². The van der Waals surface area contributed by atoms with E-state index in [2.05, 4.69) is 9.97 Å². The van der Waals surface area contributed by atoms with E-state index in [1.165, 1.54) is 0 Å². The van der Waals surface area contributed by atoms with Crippen LogP contribution in [-0.2, 0) is 6.18 Å². The first kappa shape index (κ1) is 13.9. The molecule has 0 atom stereocenters. The smallest absolute Gasteiger partial charge is 0.338 e. The van der Waals surface area contributed by atoms with Gasteiger partial charge in [-0.2, -0.15) is 13.2 Å². The van der Waals surface area contributed by atoms with Crippen molar-refractivity contribution in [3.63, 3.8) is 0 Å². The molecule has 108 valence electrons. The second-order valence-corrected chi connectivity index (χ2v) is 4.82. The normalized spacial score (nSPS) is 12.0. The van der Waals surface area contributed by atoms with E-state index in [1.54, 1.807) is 18.2 Å². The first-order chi connectivity index (χ1) is 9.86. The molecule has 0 unspecified atom stereocenters. The summed E-state index contributed by atoms with van der Waals surface area (Å²) in [6.45, 7) is 0. The molecule has 0 aliphatic rings. The lowest BCUT2D eigenvalue weighted by molar-refractivity contribution is -0.137. The molecular formula is C14H7ClF4N2. The van der Waals surface area contributed by atoms with Crippen LogP contribution in [0.1, 0.15) is 5.56 Å². The van der Waals surface area contributed by atoms with E-state index in [-0.39, 0.29) is 11.4 Å². The topological polar surface area (TPSA) is 28.7 Å². The number of benzene rings is 2. The highest BCUT2D eigenvalue weighted by molar-refractivity contribution is 6.34. The first-order valence-electron chi connectivity index (χ1n) is 5.87. The van der Waals surface area contributed by atoms with Gasteiger partial charge in [0.15, 0.2) is 0 Å². The van der Waals surface area contributed by atoms with Crippen LogP contribution in [0, 0.1) is 5.82 Å². The van der Waals surface area contributed by atoms with E-state index in [1.807, 2.05) is 0 Å². The van der Waals surface area contributed by atoms with Crippen molar-refractivity contribution in [1.82, 2.24) is 9.97 Å². The van der Waals surface area contributed by atoms with E-state index < -0.39 is 17.6 Å². The number of H-pyrrole nitrogens is 1. The van der Waals surface area contributed by atoms with E-state index >= 15 is 0 Å². The molecule has 1 N–H and O–H groups in total. The molecule has 7 heteroatoms. The SMILES string of the molecule is Fc1ccc(C(F)(F)F)cc1-c1nc2c(Cl)cccc2[nH]1. The average molecular weight is 315 g/mol. The van der Waals surface area contributed by atoms with Crippen LogP contribution in [-0.4, -0.2) is 9.97 Å². The third-order valence-corrected chi connectivity index (χ3v) is 3.32. The standard InChI is InChI=1S/C14H7ClF4N2/c15-9-2-1-3-11-12(9)21-13(20-11)8-6-7(14(17,18)19)4-5-10(8)16/h1-6H,(H,20,21). The van der Waals surface area contributed by atoms with Crippen molar-refractivity contribution in [3.8, 4) is 11.4 Å². The summed E-state index contributed by atoms with van der Waals surface area (Å²) in [5.74, 6) is -0.792. The van der Waals surface area contributed by atoms with Crippen molar-refractivity contribution in [2.24, 2.45) is 0 Å². The Hall–Kier alpha value is -2.08. The molecular weight excluding hydrogens is 308 g/mol. The molecule has 0 saturated heterocycles. The summed E-state index contributed by atoms with van der Waals surface area (Å²) < 4.78 is 51.9. The highest BCUT2D eigenvalue weighted by atomic mass is 35.5. The maximum atomic E-state index is 13.8. The predicted molar refractivity (Wildman–Crippen MR) is 71.5 cm³/mol. The lowest BCUT2D eigenvalue weighted by atomic mass is 10.1. The van der Waals surface area contributed by atoms with Crippen molar-refractivity contribution < 1.29 is 17.6 Å². The molecule has 0 aliphatic carbocycles. The van der Waals surface area contributed by atoms with Gasteiger partial charge in [-0.1, -0.05) is 17.7 Å². The molecule has 3 aromatic rings. The van der Waals surface area contributed by atoms with E-state index in [0.29, 0.717) is 22.1 Å². The van der Waals surface area contributed by atoms with Crippen LogP contribution in [0.2, 0.25) is 5.02 Å². The fourth-order valence-electron chi connectivity index (χ4n) is 2.01. The number of rotatable bonds is 1. The van der Waals surface area contributed by atoms with Gasteiger partial charge in [-0.25, -0.2) is 9.37 Å². The maximum absolute atomic E-state index is 13.8. The molecule has 0 saturated carbocycles. The van der Waals surface area contributed by atoms with Crippen LogP contribution in [0.15, 0.2) is 36.4 Å². The van der Waals surface area contributed by atoms with Crippen molar-refractivity contribution in [2.45, 2.75) is 6.18 Å². The Balaban J connectivity index is 2.20. The molecule has 3 rings (SSSR count). The summed E-state index contributed by atoms with van der Waals surface area (Å²) in [6.07, 6.45) is -4.55. The zero-order valence-electron chi connectivity index (χ0n) is 10.3. The second kappa shape index (κ2) is 4.73. The lowest BCUT2D eigenvalue weighted by Gasteiger charge is -2.08. The molecule has 0 spiro atoms. The number of alkyl halides is 3. The highest BCUT2D eigenvalue weighted by Gasteiger charge is 2.31. The Morgan fingerprint density at radius 1 is 1.10 bits per heavy atom. The van der Waals surface area contributed by atoms with Gasteiger partial charge in [-0.3, -0.25) is 0 Å². The molecule has 1 heterocycles. The Morgan fingerprint density at radius 2 is 1.86 bits per heavy atom. The van der Waals surface area contributed by atoms with Gasteiger partial charge >= 0.3 is 6.18 Å². The van der Waals surface area contributed by atoms with E-state index in [4.69, 9.17) is 11.6 Å². The van der Waals surface area contributed by atoms with Crippen LogP contribution in [0.5, 0.6) is 0 Å². The summed E-state index contributed by atoms with van der Waals surface area (Å²) in [7, 11) is 0. The summed E-state index contributed by atoms with van der Waals surface area (Å²) in [4.78, 5) is 6.84. The number of hydrogen-bond donors (Lipinski definition) is 1. The fraction of sp³-hybridized carbons (Fsp3) is 0.0714. The number of fused-ring (bicyclic) bond motifs is 1. The van der Waals surface area contributed by atoms with Gasteiger partial charge in [0.2, 0.25) is 0 Å². The molecule has 21 heavy (non-hydrogen) atoms. The van der Waals surface area contributed by atoms with Gasteiger partial charge < -0.3 is 4.98 Å². The zero-order valence-corrected chi connectivity index (χ0v) is 11.1. The van der Waals surface area contributed by atoms with Gasteiger partial charge in [0, 0.05) is 0 Å². The van der Waals surface area contributed by atoms with Crippen LogP contribution in [0.3, 0.4) is 0 Å². The van der Waals surface area contributed by atoms with Gasteiger partial charge in [0.25, 0.3) is 0 Å². The lowest BCUT2D eigenvalue weighted by Crippen LogP contribution is -2.05. The van der Waals surface area contributed by atoms with Crippen molar-refractivity contribution in [2.75, 3.05) is 0 Å². The van der Waals surface area contributed by atoms with Crippen molar-refractivity contribution in [1.29, 1.82) is 0 Å². The molecule has 0 bridgehead atoms. The van der Waals surface area contributed by atoms with Crippen LogP contribution in [0.4, 0.5) is 17.6 Å². The number of nitrogens with zero attached hydrogens (tertiary/aromatic N) is 1. The number of halogens is 5. The predicted octanol–water partition coefficient (Wildman–Crippen LogP) is 5.04. The van der Waals surface area contributed by atoms with Crippen LogP contribution in [0.25, 0.3) is 22.4 Å². The maximum Gasteiger partial charge on any atom is 0.416 e. The monoisotopic (exact) mass is 314 g/mol. The molecule has 0 radical (unpaired) electrons. The van der Waals surface area contributed by atoms with Crippen LogP contribution < -0.4 is 0 Å². The number of para-hydroxylation sites is 1. The third kappa shape index (κ3) is 2.47. The highest BCUT2D eigenvalue weighted by Crippen LogP contribution is 2.33. The minimum absolute atomic E-state index is 0.00157.